The Morgan fingerprint density at radius 3 is 2.10 bits per heavy atom. The number of aryl methyl sites for hydroxylation is 1. The van der Waals surface area contributed by atoms with Crippen LogP contribution in [0.5, 0.6) is 11.9 Å². The molecule has 0 aliphatic heterocycles. The summed E-state index contributed by atoms with van der Waals surface area (Å²) in [6.07, 6.45) is 0. The molecule has 4 nitrogen and oxygen atoms in total. The zero-order valence-electron chi connectivity index (χ0n) is 13.2. The molecule has 0 atom stereocenters. The molecule has 2 rings (SSSR count). The second-order valence-electron chi connectivity index (χ2n) is 6.84. The van der Waals surface area contributed by atoms with Crippen molar-refractivity contribution >= 4 is 38.2 Å². The van der Waals surface area contributed by atoms with E-state index >= 15 is 0 Å². The molecule has 0 radical (unpaired) electrons. The lowest BCUT2D eigenvalue weighted by atomic mass is 10.3. The number of rotatable bonds is 4. The second kappa shape index (κ2) is 5.12. The molecule has 20 heavy (non-hydrogen) atoms. The first-order valence-electron chi connectivity index (χ1n) is 6.69. The van der Waals surface area contributed by atoms with Gasteiger partial charge in [-0.2, -0.15) is 9.97 Å². The minimum atomic E-state index is -1.73. The molecule has 110 valence electrons. The van der Waals surface area contributed by atoms with Crippen LogP contribution in [0.15, 0.2) is 5.38 Å². The highest BCUT2D eigenvalue weighted by molar-refractivity contribution is 7.17. The van der Waals surface area contributed by atoms with Gasteiger partial charge < -0.3 is 8.85 Å². The van der Waals surface area contributed by atoms with Crippen molar-refractivity contribution in [3.63, 3.8) is 0 Å². The van der Waals surface area contributed by atoms with E-state index in [2.05, 4.69) is 61.6 Å². The van der Waals surface area contributed by atoms with Crippen LogP contribution in [-0.2, 0) is 0 Å². The fraction of sp³-hybridized carbons (Fsp3) is 0.538. The summed E-state index contributed by atoms with van der Waals surface area (Å²) in [6.45, 7) is 14.9. The number of hydrogen-bond acceptors (Lipinski definition) is 5. The molecule has 0 amide bonds. The Morgan fingerprint density at radius 2 is 1.55 bits per heavy atom. The van der Waals surface area contributed by atoms with Crippen LogP contribution in [0.2, 0.25) is 39.3 Å². The summed E-state index contributed by atoms with van der Waals surface area (Å²) >= 11 is 1.64. The molecule has 7 heteroatoms. The number of fused-ring (bicyclic) bond motifs is 1. The fourth-order valence-corrected chi connectivity index (χ4v) is 4.02. The first-order chi connectivity index (χ1) is 9.05. The molecule has 2 aromatic rings. The number of hydrogen-bond donors (Lipinski definition) is 0. The third-order valence-corrected chi connectivity index (χ3v) is 5.02. The van der Waals surface area contributed by atoms with E-state index in [1.54, 1.807) is 11.3 Å². The molecule has 0 fully saturated rings. The van der Waals surface area contributed by atoms with Crippen LogP contribution in [0.1, 0.15) is 5.56 Å². The van der Waals surface area contributed by atoms with Gasteiger partial charge in [0.2, 0.25) is 22.5 Å². The monoisotopic (exact) mass is 326 g/mol. The van der Waals surface area contributed by atoms with Crippen molar-refractivity contribution in [1.29, 1.82) is 0 Å². The smallest absolute Gasteiger partial charge is 0.306 e. The number of thiophene rings is 1. The maximum absolute atomic E-state index is 6.12. The fourth-order valence-electron chi connectivity index (χ4n) is 1.67. The zero-order chi connectivity index (χ0) is 15.1. The Kier molecular flexibility index (Phi) is 3.96. The van der Waals surface area contributed by atoms with E-state index in [9.17, 15) is 0 Å². The van der Waals surface area contributed by atoms with Gasteiger partial charge in [0.1, 0.15) is 4.70 Å². The normalized spacial score (nSPS) is 12.8. The molecule has 0 aromatic carbocycles. The van der Waals surface area contributed by atoms with Gasteiger partial charge in [0.15, 0.2) is 0 Å². The van der Waals surface area contributed by atoms with E-state index in [4.69, 9.17) is 8.85 Å². The summed E-state index contributed by atoms with van der Waals surface area (Å²) in [5.74, 6) is 0.681. The number of aromatic nitrogens is 2. The predicted octanol–water partition coefficient (Wildman–Crippen LogP) is 4.43. The van der Waals surface area contributed by atoms with Gasteiger partial charge in [0.05, 0.1) is 5.52 Å². The average molecular weight is 327 g/mol. The molecule has 0 spiro atoms. The highest BCUT2D eigenvalue weighted by atomic mass is 32.1. The summed E-state index contributed by atoms with van der Waals surface area (Å²) in [4.78, 5) is 9.07. The lowest BCUT2D eigenvalue weighted by molar-refractivity contribution is 0.483. The maximum atomic E-state index is 6.12. The average Bonchev–Trinajstić information content (AvgIpc) is 2.56. The van der Waals surface area contributed by atoms with Crippen molar-refractivity contribution in [2.75, 3.05) is 0 Å². The standard InChI is InChI=1S/C13H22N2O2SSi2/c1-9-8-18-11-10(9)14-13(17-20(5,6)7)15-12(11)16-19(2,3)4/h8H,1-7H3. The minimum absolute atomic E-state index is 0.450. The predicted molar refractivity (Wildman–Crippen MR) is 90.1 cm³/mol. The van der Waals surface area contributed by atoms with Crippen molar-refractivity contribution in [3.05, 3.63) is 10.9 Å². The molecule has 0 saturated heterocycles. The van der Waals surface area contributed by atoms with Gasteiger partial charge in [0.25, 0.3) is 0 Å². The minimum Gasteiger partial charge on any atom is -0.530 e. The molecule has 0 unspecified atom stereocenters. The zero-order valence-corrected chi connectivity index (χ0v) is 16.0. The van der Waals surface area contributed by atoms with Crippen molar-refractivity contribution < 1.29 is 8.85 Å². The lowest BCUT2D eigenvalue weighted by Gasteiger charge is -2.21. The molecular weight excluding hydrogens is 304 g/mol. The van der Waals surface area contributed by atoms with Crippen molar-refractivity contribution in [2.24, 2.45) is 0 Å². The van der Waals surface area contributed by atoms with Gasteiger partial charge >= 0.3 is 6.01 Å². The van der Waals surface area contributed by atoms with Gasteiger partial charge in [0, 0.05) is 0 Å². The van der Waals surface area contributed by atoms with E-state index < -0.39 is 16.6 Å². The molecule has 0 saturated carbocycles. The quantitative estimate of drug-likeness (QED) is 0.780. The Bertz CT molecular complexity index is 630. The second-order valence-corrected chi connectivity index (χ2v) is 16.6. The van der Waals surface area contributed by atoms with E-state index in [0.29, 0.717) is 11.9 Å². The summed E-state index contributed by atoms with van der Waals surface area (Å²) in [5.41, 5.74) is 2.10. The summed E-state index contributed by atoms with van der Waals surface area (Å²) < 4.78 is 13.1. The first-order valence-corrected chi connectivity index (χ1v) is 14.4. The van der Waals surface area contributed by atoms with E-state index in [-0.39, 0.29) is 0 Å². The van der Waals surface area contributed by atoms with E-state index in [1.807, 2.05) is 0 Å². The van der Waals surface area contributed by atoms with Crippen molar-refractivity contribution in [1.82, 2.24) is 9.97 Å². The molecule has 0 bridgehead atoms. The topological polar surface area (TPSA) is 44.2 Å². The van der Waals surface area contributed by atoms with Crippen LogP contribution in [0.25, 0.3) is 10.2 Å². The lowest BCUT2D eigenvalue weighted by Crippen LogP contribution is -2.31. The van der Waals surface area contributed by atoms with Crippen molar-refractivity contribution in [3.8, 4) is 11.9 Å². The first kappa shape index (κ1) is 15.5. The summed E-state index contributed by atoms with van der Waals surface area (Å²) in [7, 11) is -3.45. The van der Waals surface area contributed by atoms with Gasteiger partial charge in [-0.05, 0) is 57.1 Å². The van der Waals surface area contributed by atoms with E-state index in [0.717, 1.165) is 15.8 Å². The van der Waals surface area contributed by atoms with Crippen LogP contribution in [0.4, 0.5) is 0 Å². The van der Waals surface area contributed by atoms with Gasteiger partial charge in [-0.15, -0.1) is 11.3 Å². The van der Waals surface area contributed by atoms with Gasteiger partial charge in [-0.1, -0.05) is 0 Å². The molecule has 0 aliphatic rings. The molecular formula is C13H22N2O2SSi2. The molecule has 0 aliphatic carbocycles. The molecule has 0 N–H and O–H groups in total. The van der Waals surface area contributed by atoms with E-state index in [1.165, 1.54) is 0 Å². The Labute approximate surface area is 126 Å². The number of nitrogens with zero attached hydrogens (tertiary/aromatic N) is 2. The Balaban J connectivity index is 2.53. The third-order valence-electron chi connectivity index (χ3n) is 2.34. The molecule has 2 heterocycles. The Morgan fingerprint density at radius 1 is 0.950 bits per heavy atom. The van der Waals surface area contributed by atoms with Crippen molar-refractivity contribution in [2.45, 2.75) is 46.2 Å². The highest BCUT2D eigenvalue weighted by Gasteiger charge is 2.24. The summed E-state index contributed by atoms with van der Waals surface area (Å²) in [5, 5.41) is 2.09. The van der Waals surface area contributed by atoms with Crippen LogP contribution in [0, 0.1) is 6.92 Å². The largest absolute Gasteiger partial charge is 0.530 e. The summed E-state index contributed by atoms with van der Waals surface area (Å²) in [6, 6.07) is 0.450. The molecule has 2 aromatic heterocycles. The van der Waals surface area contributed by atoms with Gasteiger partial charge in [-0.3, -0.25) is 0 Å². The Hall–Kier alpha value is -0.926. The van der Waals surface area contributed by atoms with Crippen LogP contribution < -0.4 is 8.85 Å². The van der Waals surface area contributed by atoms with Crippen LogP contribution >= 0.6 is 11.3 Å². The maximum Gasteiger partial charge on any atom is 0.306 e. The SMILES string of the molecule is Cc1csc2c(O[Si](C)(C)C)nc(O[Si](C)(C)C)nc12. The van der Waals surface area contributed by atoms with Crippen LogP contribution in [0.3, 0.4) is 0 Å². The van der Waals surface area contributed by atoms with Crippen LogP contribution in [-0.4, -0.2) is 26.6 Å². The highest BCUT2D eigenvalue weighted by Crippen LogP contribution is 2.34. The van der Waals surface area contributed by atoms with Gasteiger partial charge in [-0.25, -0.2) is 0 Å². The third kappa shape index (κ3) is 3.80.